The van der Waals surface area contributed by atoms with Crippen LogP contribution in [0, 0.1) is 10.1 Å². The summed E-state index contributed by atoms with van der Waals surface area (Å²) in [7, 11) is -9.03. The Morgan fingerprint density at radius 3 is 1.91 bits per heavy atom. The lowest BCUT2D eigenvalue weighted by Gasteiger charge is -2.18. The Morgan fingerprint density at radius 2 is 1.38 bits per heavy atom. The molecule has 11 heteroatoms. The number of ether oxygens (including phenoxy) is 2. The third-order valence-corrected chi connectivity index (χ3v) is 10.3. The van der Waals surface area contributed by atoms with Crippen LogP contribution in [-0.2, 0) is 19.7 Å². The summed E-state index contributed by atoms with van der Waals surface area (Å²) in [4.78, 5) is 10.6. The topological polar surface area (TPSA) is 130 Å². The summed E-state index contributed by atoms with van der Waals surface area (Å²) in [6, 6.07) is 18.6. The second-order valence-electron chi connectivity index (χ2n) is 7.36. The van der Waals surface area contributed by atoms with Crippen LogP contribution in [0.4, 0.5) is 0 Å². The molecule has 0 fully saturated rings. The molecule has 176 valence electrons. The van der Waals surface area contributed by atoms with Crippen molar-refractivity contribution < 1.29 is 31.2 Å². The van der Waals surface area contributed by atoms with Crippen molar-refractivity contribution in [3.8, 4) is 11.5 Å². The van der Waals surface area contributed by atoms with E-state index in [9.17, 15) is 26.9 Å². The van der Waals surface area contributed by atoms with Crippen LogP contribution in [0.1, 0.15) is 12.0 Å². The number of fused-ring (bicyclic) bond motifs is 1. The van der Waals surface area contributed by atoms with Gasteiger partial charge in [-0.2, -0.15) is 0 Å². The van der Waals surface area contributed by atoms with E-state index in [1.807, 2.05) is 0 Å². The lowest BCUT2D eigenvalue weighted by Crippen LogP contribution is -2.32. The largest absolute Gasteiger partial charge is 0.454 e. The number of benzene rings is 3. The van der Waals surface area contributed by atoms with Gasteiger partial charge >= 0.3 is 0 Å². The van der Waals surface area contributed by atoms with E-state index in [4.69, 9.17) is 9.47 Å². The first-order valence-corrected chi connectivity index (χ1v) is 13.1. The molecule has 34 heavy (non-hydrogen) atoms. The molecule has 0 bridgehead atoms. The van der Waals surface area contributed by atoms with Gasteiger partial charge in [-0.1, -0.05) is 42.5 Å². The number of allylic oxidation sites excluding steroid dienone is 1. The Morgan fingerprint density at radius 1 is 0.853 bits per heavy atom. The molecule has 0 aliphatic carbocycles. The molecule has 0 saturated heterocycles. The Hall–Kier alpha value is -3.70. The highest BCUT2D eigenvalue weighted by Gasteiger charge is 2.42. The summed E-state index contributed by atoms with van der Waals surface area (Å²) < 4.78 is 62.2. The number of nitro groups is 1. The molecule has 4 rings (SSSR count). The predicted octanol–water partition coefficient (Wildman–Crippen LogP) is 3.70. The molecule has 0 spiro atoms. The monoisotopic (exact) mass is 501 g/mol. The summed E-state index contributed by atoms with van der Waals surface area (Å²) in [6.45, 7) is 0.0112. The molecule has 1 aliphatic rings. The van der Waals surface area contributed by atoms with Crippen LogP contribution in [0.25, 0.3) is 6.08 Å². The first-order chi connectivity index (χ1) is 16.2. The van der Waals surface area contributed by atoms with Crippen LogP contribution in [-0.4, -0.2) is 33.1 Å². The predicted molar refractivity (Wildman–Crippen MR) is 123 cm³/mol. The van der Waals surface area contributed by atoms with Crippen molar-refractivity contribution in [2.24, 2.45) is 0 Å². The molecule has 0 aromatic heterocycles. The molecule has 1 heterocycles. The van der Waals surface area contributed by atoms with Gasteiger partial charge < -0.3 is 9.47 Å². The van der Waals surface area contributed by atoms with Crippen molar-refractivity contribution in [3.63, 3.8) is 0 Å². The quantitative estimate of drug-likeness (QED) is 0.337. The van der Waals surface area contributed by atoms with Gasteiger partial charge in [-0.3, -0.25) is 10.1 Å². The summed E-state index contributed by atoms with van der Waals surface area (Å²) in [5.41, 5.74) is -0.244. The highest BCUT2D eigenvalue weighted by molar-refractivity contribution is 8.09. The second kappa shape index (κ2) is 9.27. The van der Waals surface area contributed by atoms with Crippen molar-refractivity contribution in [2.75, 3.05) is 6.79 Å². The van der Waals surface area contributed by atoms with Crippen molar-refractivity contribution in [2.45, 2.75) is 20.8 Å². The van der Waals surface area contributed by atoms with E-state index in [1.165, 1.54) is 60.7 Å². The van der Waals surface area contributed by atoms with Crippen molar-refractivity contribution >= 4 is 25.8 Å². The Kier molecular flexibility index (Phi) is 6.40. The molecular weight excluding hydrogens is 482 g/mol. The molecule has 3 aromatic carbocycles. The fraction of sp³-hybridized carbons (Fsp3) is 0.130. The third-order valence-electron chi connectivity index (χ3n) is 5.18. The van der Waals surface area contributed by atoms with E-state index in [-0.39, 0.29) is 16.6 Å². The van der Waals surface area contributed by atoms with E-state index >= 15 is 0 Å². The fourth-order valence-corrected chi connectivity index (χ4v) is 7.92. The number of hydrogen-bond acceptors (Lipinski definition) is 8. The van der Waals surface area contributed by atoms with Crippen molar-refractivity contribution in [1.29, 1.82) is 0 Å². The van der Waals surface area contributed by atoms with Crippen LogP contribution >= 0.6 is 0 Å². The van der Waals surface area contributed by atoms with Crippen molar-refractivity contribution in [1.82, 2.24) is 0 Å². The number of rotatable bonds is 8. The zero-order valence-electron chi connectivity index (χ0n) is 17.6. The second-order valence-corrected chi connectivity index (χ2v) is 11.9. The smallest absolute Gasteiger partial charge is 0.249 e. The maximum atomic E-state index is 13.5. The van der Waals surface area contributed by atoms with Gasteiger partial charge in [-0.15, -0.1) is 0 Å². The molecule has 0 N–H and O–H groups in total. The van der Waals surface area contributed by atoms with Gasteiger partial charge in [0.25, 0.3) is 0 Å². The molecular formula is C23H19NO8S2. The number of nitrogens with zero attached hydrogens (tertiary/aromatic N) is 1. The van der Waals surface area contributed by atoms with Gasteiger partial charge in [0.05, 0.1) is 21.1 Å². The zero-order chi connectivity index (χ0) is 24.3. The van der Waals surface area contributed by atoms with Crippen LogP contribution in [0.3, 0.4) is 0 Å². The zero-order valence-corrected chi connectivity index (χ0v) is 19.2. The van der Waals surface area contributed by atoms with Gasteiger partial charge in [0.2, 0.25) is 12.5 Å². The third kappa shape index (κ3) is 4.66. The fourth-order valence-electron chi connectivity index (χ4n) is 3.46. The van der Waals surface area contributed by atoms with Gasteiger partial charge in [0.1, 0.15) is 0 Å². The average Bonchev–Trinajstić information content (AvgIpc) is 3.30. The van der Waals surface area contributed by atoms with Gasteiger partial charge in [-0.05, 0) is 42.0 Å². The Labute approximate surface area is 196 Å². The lowest BCUT2D eigenvalue weighted by molar-refractivity contribution is -0.425. The first kappa shape index (κ1) is 23.5. The molecule has 0 radical (unpaired) electrons. The first-order valence-electron chi connectivity index (χ1n) is 10.0. The summed E-state index contributed by atoms with van der Waals surface area (Å²) in [5.74, 6) is 0.845. The summed E-state index contributed by atoms with van der Waals surface area (Å²) in [6.07, 6.45) is 0.270. The molecule has 0 saturated carbocycles. The lowest BCUT2D eigenvalue weighted by atomic mass is 10.1. The molecule has 3 aromatic rings. The van der Waals surface area contributed by atoms with E-state index < -0.39 is 41.3 Å². The average molecular weight is 502 g/mol. The number of hydrogen-bond donors (Lipinski definition) is 0. The van der Waals surface area contributed by atoms with E-state index in [2.05, 4.69) is 0 Å². The standard InChI is InChI=1S/C23H19NO8S2/c25-24(26)18(13-17-11-12-21-22(14-17)32-16-31-21)15-23(33(27,28)19-7-3-1-4-8-19)34(29,30)20-9-5-2-6-10-20/h1-14,23H,15-16H2/b18-13+. The normalized spacial score (nSPS) is 13.7. The minimum Gasteiger partial charge on any atom is -0.454 e. The minimum atomic E-state index is -4.52. The van der Waals surface area contributed by atoms with Crippen LogP contribution < -0.4 is 9.47 Å². The van der Waals surface area contributed by atoms with Crippen LogP contribution in [0.2, 0.25) is 0 Å². The molecule has 9 nitrogen and oxygen atoms in total. The molecule has 0 atom stereocenters. The van der Waals surface area contributed by atoms with E-state index in [0.717, 1.165) is 6.08 Å². The summed E-state index contributed by atoms with van der Waals surface area (Å²) in [5, 5.41) is 11.9. The van der Waals surface area contributed by atoms with Crippen molar-refractivity contribution in [3.05, 3.63) is 100 Å². The number of sulfone groups is 2. The molecule has 0 amide bonds. The van der Waals surface area contributed by atoms with Gasteiger partial charge in [0.15, 0.2) is 35.8 Å². The van der Waals surface area contributed by atoms with Crippen LogP contribution in [0.15, 0.2) is 94.4 Å². The Bertz CT molecular complexity index is 1380. The van der Waals surface area contributed by atoms with E-state index in [0.29, 0.717) is 17.1 Å². The Balaban J connectivity index is 1.82. The maximum Gasteiger partial charge on any atom is 0.249 e. The SMILES string of the molecule is O=[N+]([O-])/C(=C/c1ccc2c(c1)OCO2)CC(S(=O)(=O)c1ccccc1)S(=O)(=O)c1ccccc1. The van der Waals surface area contributed by atoms with Gasteiger partial charge in [-0.25, -0.2) is 16.8 Å². The molecule has 1 aliphatic heterocycles. The minimum absolute atomic E-state index is 0.0112. The molecule has 0 unspecified atom stereocenters. The highest BCUT2D eigenvalue weighted by Crippen LogP contribution is 2.34. The maximum absolute atomic E-state index is 13.5. The highest BCUT2D eigenvalue weighted by atomic mass is 32.3. The van der Waals surface area contributed by atoms with Gasteiger partial charge in [0, 0.05) is 6.08 Å². The summed E-state index contributed by atoms with van der Waals surface area (Å²) >= 11 is 0. The van der Waals surface area contributed by atoms with Crippen LogP contribution in [0.5, 0.6) is 11.5 Å². The van der Waals surface area contributed by atoms with E-state index in [1.54, 1.807) is 18.2 Å².